The van der Waals surface area contributed by atoms with Crippen LogP contribution in [0.3, 0.4) is 0 Å². The van der Waals surface area contributed by atoms with Crippen molar-refractivity contribution in [1.29, 1.82) is 0 Å². The number of rotatable bonds is 2. The number of hydrogen-bond acceptors (Lipinski definition) is 2. The smallest absolute Gasteiger partial charge is 0.0166 e. The first-order chi connectivity index (χ1) is 6.11. The van der Waals surface area contributed by atoms with Crippen molar-refractivity contribution in [3.63, 3.8) is 0 Å². The molecule has 2 fully saturated rings. The van der Waals surface area contributed by atoms with Crippen LogP contribution in [0.25, 0.3) is 0 Å². The molecule has 2 saturated carbocycles. The molecule has 76 valence electrons. The van der Waals surface area contributed by atoms with Gasteiger partial charge in [-0.3, -0.25) is 0 Å². The molecule has 2 heteroatoms. The molecule has 0 heterocycles. The fraction of sp³-hybridized carbons (Fsp3) is 1.00. The van der Waals surface area contributed by atoms with E-state index in [1.54, 1.807) is 0 Å². The summed E-state index contributed by atoms with van der Waals surface area (Å²) in [5.41, 5.74) is 0.679. The van der Waals surface area contributed by atoms with Gasteiger partial charge in [0.05, 0.1) is 0 Å². The fourth-order valence-corrected chi connectivity index (χ4v) is 5.39. The molecule has 2 rings (SSSR count). The number of fused-ring (bicyclic) bond motifs is 1. The molecule has 0 amide bonds. The molecule has 0 aromatic rings. The van der Waals surface area contributed by atoms with Crippen molar-refractivity contribution in [3.8, 4) is 0 Å². The minimum absolute atomic E-state index is 0.679. The van der Waals surface area contributed by atoms with Gasteiger partial charge in [-0.05, 0) is 42.6 Å². The van der Waals surface area contributed by atoms with E-state index in [2.05, 4.69) is 49.9 Å². The van der Waals surface area contributed by atoms with Crippen molar-refractivity contribution in [3.05, 3.63) is 0 Å². The molecule has 2 aliphatic carbocycles. The predicted molar refractivity (Wildman–Crippen MR) is 64.6 cm³/mol. The molecule has 4 atom stereocenters. The van der Waals surface area contributed by atoms with Crippen molar-refractivity contribution in [2.45, 2.75) is 37.2 Å². The third-order valence-corrected chi connectivity index (χ3v) is 6.71. The van der Waals surface area contributed by atoms with Gasteiger partial charge in [0.1, 0.15) is 0 Å². The molecule has 0 spiro atoms. The number of hydrogen-bond donors (Lipinski definition) is 0. The summed E-state index contributed by atoms with van der Waals surface area (Å²) in [7, 11) is 0. The quantitative estimate of drug-likeness (QED) is 0.693. The van der Waals surface area contributed by atoms with Crippen LogP contribution in [-0.4, -0.2) is 23.0 Å². The molecule has 0 aromatic heterocycles. The third kappa shape index (κ3) is 1.54. The average molecular weight is 216 g/mol. The highest BCUT2D eigenvalue weighted by atomic mass is 32.2. The Balaban J connectivity index is 2.03. The van der Waals surface area contributed by atoms with Crippen LogP contribution in [0.5, 0.6) is 0 Å². The van der Waals surface area contributed by atoms with E-state index in [9.17, 15) is 0 Å². The van der Waals surface area contributed by atoms with Gasteiger partial charge in [-0.15, -0.1) is 0 Å². The summed E-state index contributed by atoms with van der Waals surface area (Å²) in [6.07, 6.45) is 7.52. The second kappa shape index (κ2) is 3.37. The van der Waals surface area contributed by atoms with Crippen molar-refractivity contribution in [1.82, 2.24) is 0 Å². The Labute approximate surface area is 90.6 Å². The van der Waals surface area contributed by atoms with Crippen molar-refractivity contribution in [2.24, 2.45) is 17.3 Å². The fourth-order valence-electron chi connectivity index (χ4n) is 3.09. The zero-order valence-corrected chi connectivity index (χ0v) is 10.7. The van der Waals surface area contributed by atoms with E-state index in [-0.39, 0.29) is 0 Å². The van der Waals surface area contributed by atoms with Gasteiger partial charge in [0.15, 0.2) is 0 Å². The Morgan fingerprint density at radius 1 is 0.923 bits per heavy atom. The van der Waals surface area contributed by atoms with Crippen molar-refractivity contribution < 1.29 is 0 Å². The predicted octanol–water partition coefficient (Wildman–Crippen LogP) is 3.52. The molecule has 0 saturated heterocycles. The first kappa shape index (κ1) is 10.2. The zero-order chi connectivity index (χ0) is 9.64. The summed E-state index contributed by atoms with van der Waals surface area (Å²) in [6.45, 7) is 4.92. The van der Waals surface area contributed by atoms with Gasteiger partial charge in [0.25, 0.3) is 0 Å². The van der Waals surface area contributed by atoms with E-state index in [1.165, 1.54) is 12.8 Å². The van der Waals surface area contributed by atoms with Crippen LogP contribution in [0.15, 0.2) is 0 Å². The summed E-state index contributed by atoms with van der Waals surface area (Å²) in [6, 6.07) is 0. The Morgan fingerprint density at radius 3 is 1.62 bits per heavy atom. The zero-order valence-electron chi connectivity index (χ0n) is 9.04. The summed E-state index contributed by atoms with van der Waals surface area (Å²) in [5, 5.41) is 1.86. The topological polar surface area (TPSA) is 0 Å². The normalized spacial score (nSPS) is 47.1. The molecule has 0 nitrogen and oxygen atoms in total. The van der Waals surface area contributed by atoms with Gasteiger partial charge >= 0.3 is 0 Å². The molecule has 0 bridgehead atoms. The lowest BCUT2D eigenvalue weighted by Gasteiger charge is -2.28. The van der Waals surface area contributed by atoms with Gasteiger partial charge < -0.3 is 0 Å². The van der Waals surface area contributed by atoms with E-state index >= 15 is 0 Å². The second-order valence-electron chi connectivity index (χ2n) is 5.05. The van der Waals surface area contributed by atoms with Crippen LogP contribution in [0.2, 0.25) is 0 Å². The minimum atomic E-state index is 0.679. The average Bonchev–Trinajstić information content (AvgIpc) is 2.66. The maximum absolute atomic E-state index is 2.46. The maximum Gasteiger partial charge on any atom is 0.0166 e. The lowest BCUT2D eigenvalue weighted by atomic mass is 10.00. The highest BCUT2D eigenvalue weighted by molar-refractivity contribution is 8.03. The monoisotopic (exact) mass is 216 g/mol. The molecule has 0 unspecified atom stereocenters. The largest absolute Gasteiger partial charge is 0.161 e. The van der Waals surface area contributed by atoms with Crippen molar-refractivity contribution >= 4 is 23.5 Å². The Kier molecular flexibility index (Phi) is 2.65. The standard InChI is InChI=1S/C11H20S2/c1-11(2)7-5-9(12-3)10(13-4)6-8(7)11/h7-10H,5-6H2,1-4H3/t7-,8+,9-,10-/m1/s1. The molecular weight excluding hydrogens is 196 g/mol. The van der Waals surface area contributed by atoms with E-state index in [0.29, 0.717) is 5.41 Å². The van der Waals surface area contributed by atoms with Crippen LogP contribution >= 0.6 is 23.5 Å². The molecule has 0 radical (unpaired) electrons. The van der Waals surface area contributed by atoms with Crippen LogP contribution < -0.4 is 0 Å². The Hall–Kier alpha value is 0.700. The molecule has 0 aliphatic heterocycles. The summed E-state index contributed by atoms with van der Waals surface area (Å²) < 4.78 is 0. The lowest BCUT2D eigenvalue weighted by Crippen LogP contribution is -2.25. The van der Waals surface area contributed by atoms with E-state index in [4.69, 9.17) is 0 Å². The first-order valence-corrected chi connectivity index (χ1v) is 7.74. The van der Waals surface area contributed by atoms with Crippen LogP contribution in [-0.2, 0) is 0 Å². The highest BCUT2D eigenvalue weighted by Gasteiger charge is 2.60. The van der Waals surface area contributed by atoms with E-state index < -0.39 is 0 Å². The van der Waals surface area contributed by atoms with Crippen LogP contribution in [0.4, 0.5) is 0 Å². The second-order valence-corrected chi connectivity index (χ2v) is 7.21. The first-order valence-electron chi connectivity index (χ1n) is 5.16. The van der Waals surface area contributed by atoms with Gasteiger partial charge in [0.2, 0.25) is 0 Å². The van der Waals surface area contributed by atoms with Gasteiger partial charge in [-0.2, -0.15) is 23.5 Å². The van der Waals surface area contributed by atoms with Gasteiger partial charge in [-0.1, -0.05) is 13.8 Å². The van der Waals surface area contributed by atoms with E-state index in [0.717, 1.165) is 22.3 Å². The van der Waals surface area contributed by atoms with Crippen molar-refractivity contribution in [2.75, 3.05) is 12.5 Å². The summed E-state index contributed by atoms with van der Waals surface area (Å²) in [4.78, 5) is 0. The molecular formula is C11H20S2. The maximum atomic E-state index is 2.46. The molecule has 0 aromatic carbocycles. The molecule has 13 heavy (non-hydrogen) atoms. The van der Waals surface area contributed by atoms with E-state index in [1.807, 2.05) is 0 Å². The van der Waals surface area contributed by atoms with Crippen LogP contribution in [0.1, 0.15) is 26.7 Å². The minimum Gasteiger partial charge on any atom is -0.161 e. The van der Waals surface area contributed by atoms with Gasteiger partial charge in [0, 0.05) is 10.5 Å². The third-order valence-electron chi connectivity index (χ3n) is 4.28. The SMILES string of the molecule is CS[C@@H]1C[C@@H]2[C@H](C[C@H]1SC)C2(C)C. The summed E-state index contributed by atoms with van der Waals surface area (Å²) >= 11 is 4.18. The molecule has 0 N–H and O–H groups in total. The van der Waals surface area contributed by atoms with Gasteiger partial charge in [-0.25, -0.2) is 0 Å². The molecule has 2 aliphatic rings. The summed E-state index contributed by atoms with van der Waals surface area (Å²) in [5.74, 6) is 2.10. The lowest BCUT2D eigenvalue weighted by molar-refractivity contribution is 0.503. The highest BCUT2D eigenvalue weighted by Crippen LogP contribution is 2.66. The Morgan fingerprint density at radius 2 is 1.31 bits per heavy atom. The number of thioether (sulfide) groups is 2. The van der Waals surface area contributed by atoms with Crippen LogP contribution in [0, 0.1) is 17.3 Å². The Bertz CT molecular complexity index is 180.